The summed E-state index contributed by atoms with van der Waals surface area (Å²) in [5, 5.41) is 5.72. The number of carbonyl (C=O) groups is 3. The van der Waals surface area contributed by atoms with Crippen molar-refractivity contribution in [2.24, 2.45) is 5.92 Å². The lowest BCUT2D eigenvalue weighted by molar-refractivity contribution is -0.135. The average molecular weight is 337 g/mol. The summed E-state index contributed by atoms with van der Waals surface area (Å²) in [6.45, 7) is 4.72. The third kappa shape index (κ3) is 4.28. The Kier molecular flexibility index (Phi) is 6.63. The van der Waals surface area contributed by atoms with Crippen LogP contribution in [0.4, 0.5) is 4.79 Å². The minimum absolute atomic E-state index is 0.170. The molecule has 0 bridgehead atoms. The van der Waals surface area contributed by atoms with Gasteiger partial charge in [-0.2, -0.15) is 0 Å². The summed E-state index contributed by atoms with van der Waals surface area (Å²) in [5.74, 6) is -0.0108. The Hall–Kier alpha value is -1.59. The van der Waals surface area contributed by atoms with E-state index in [9.17, 15) is 14.4 Å². The third-order valence-electron chi connectivity index (χ3n) is 5.39. The summed E-state index contributed by atoms with van der Waals surface area (Å²) in [4.78, 5) is 38.0. The van der Waals surface area contributed by atoms with E-state index in [2.05, 4.69) is 24.5 Å². The van der Waals surface area contributed by atoms with Crippen LogP contribution in [0.25, 0.3) is 0 Å². The highest BCUT2D eigenvalue weighted by Gasteiger charge is 2.51. The predicted molar refractivity (Wildman–Crippen MR) is 92.4 cm³/mol. The van der Waals surface area contributed by atoms with Crippen molar-refractivity contribution >= 4 is 17.8 Å². The third-order valence-corrected chi connectivity index (χ3v) is 5.39. The molecule has 136 valence electrons. The minimum atomic E-state index is -0.747. The Labute approximate surface area is 144 Å². The van der Waals surface area contributed by atoms with Gasteiger partial charge in [-0.3, -0.25) is 14.5 Å². The van der Waals surface area contributed by atoms with Gasteiger partial charge < -0.3 is 10.6 Å². The highest BCUT2D eigenvalue weighted by Crippen LogP contribution is 2.33. The van der Waals surface area contributed by atoms with Crippen molar-refractivity contribution in [2.45, 2.75) is 77.2 Å². The van der Waals surface area contributed by atoms with Gasteiger partial charge in [-0.05, 0) is 25.2 Å². The first-order valence-electron chi connectivity index (χ1n) is 9.43. The van der Waals surface area contributed by atoms with Gasteiger partial charge in [-0.25, -0.2) is 4.79 Å². The summed E-state index contributed by atoms with van der Waals surface area (Å²) in [6.07, 6.45) is 8.78. The molecule has 2 N–H and O–H groups in total. The maximum Gasteiger partial charge on any atom is 0.325 e. The topological polar surface area (TPSA) is 78.5 Å². The van der Waals surface area contributed by atoms with Gasteiger partial charge in [0.15, 0.2) is 0 Å². The maximum absolute atomic E-state index is 12.6. The fraction of sp³-hybridized carbons (Fsp3) is 0.833. The molecule has 1 aliphatic carbocycles. The first-order chi connectivity index (χ1) is 11.5. The molecule has 1 unspecified atom stereocenters. The lowest BCUT2D eigenvalue weighted by Crippen LogP contribution is -2.49. The molecule has 0 aromatic carbocycles. The average Bonchev–Trinajstić information content (AvgIpc) is 2.80. The van der Waals surface area contributed by atoms with Crippen LogP contribution in [0, 0.1) is 5.92 Å². The van der Waals surface area contributed by atoms with Gasteiger partial charge in [-0.1, -0.05) is 52.4 Å². The van der Waals surface area contributed by atoms with Crippen LogP contribution < -0.4 is 10.6 Å². The van der Waals surface area contributed by atoms with Crippen LogP contribution in [-0.4, -0.2) is 41.4 Å². The summed E-state index contributed by atoms with van der Waals surface area (Å²) in [5.41, 5.74) is -0.747. The molecule has 4 amide bonds. The second-order valence-corrected chi connectivity index (χ2v) is 7.18. The van der Waals surface area contributed by atoms with Gasteiger partial charge in [0.05, 0.1) is 0 Å². The molecule has 6 nitrogen and oxygen atoms in total. The summed E-state index contributed by atoms with van der Waals surface area (Å²) < 4.78 is 0. The normalized spacial score (nSPS) is 21.0. The van der Waals surface area contributed by atoms with E-state index in [1.165, 1.54) is 0 Å². The number of amides is 4. The zero-order chi connectivity index (χ0) is 17.6. The Morgan fingerprint density at radius 3 is 2.58 bits per heavy atom. The lowest BCUT2D eigenvalue weighted by Gasteiger charge is -2.30. The molecule has 1 atom stereocenters. The van der Waals surface area contributed by atoms with Crippen LogP contribution >= 0.6 is 0 Å². The van der Waals surface area contributed by atoms with E-state index in [1.807, 2.05) is 0 Å². The fourth-order valence-electron chi connectivity index (χ4n) is 3.72. The first kappa shape index (κ1) is 18.7. The Bertz CT molecular complexity index is 472. The number of urea groups is 1. The van der Waals surface area contributed by atoms with Crippen LogP contribution in [0.1, 0.15) is 71.6 Å². The largest absolute Gasteiger partial charge is 0.354 e. The van der Waals surface area contributed by atoms with Crippen molar-refractivity contribution in [3.05, 3.63) is 0 Å². The molecule has 24 heavy (non-hydrogen) atoms. The fourth-order valence-corrected chi connectivity index (χ4v) is 3.72. The number of hydrogen-bond acceptors (Lipinski definition) is 3. The molecule has 0 aromatic heterocycles. The van der Waals surface area contributed by atoms with Gasteiger partial charge in [0.2, 0.25) is 5.91 Å². The highest BCUT2D eigenvalue weighted by molar-refractivity contribution is 6.09. The Morgan fingerprint density at radius 1 is 1.25 bits per heavy atom. The van der Waals surface area contributed by atoms with Crippen LogP contribution in [0.3, 0.4) is 0 Å². The van der Waals surface area contributed by atoms with E-state index in [1.54, 1.807) is 0 Å². The van der Waals surface area contributed by atoms with E-state index in [4.69, 9.17) is 0 Å². The minimum Gasteiger partial charge on any atom is -0.354 e. The van der Waals surface area contributed by atoms with Crippen molar-refractivity contribution in [3.63, 3.8) is 0 Å². The van der Waals surface area contributed by atoms with E-state index in [0.29, 0.717) is 25.3 Å². The van der Waals surface area contributed by atoms with Crippen LogP contribution in [0.15, 0.2) is 0 Å². The molecule has 1 heterocycles. The van der Waals surface area contributed by atoms with Crippen molar-refractivity contribution in [3.8, 4) is 0 Å². The van der Waals surface area contributed by atoms with E-state index in [0.717, 1.165) is 49.8 Å². The van der Waals surface area contributed by atoms with Crippen molar-refractivity contribution in [1.29, 1.82) is 0 Å². The van der Waals surface area contributed by atoms with Crippen LogP contribution in [-0.2, 0) is 9.59 Å². The van der Waals surface area contributed by atoms with Gasteiger partial charge >= 0.3 is 6.03 Å². The molecule has 0 aromatic rings. The number of carbonyl (C=O) groups excluding carboxylic acids is 3. The summed E-state index contributed by atoms with van der Waals surface area (Å²) in [7, 11) is 0. The monoisotopic (exact) mass is 337 g/mol. The van der Waals surface area contributed by atoms with E-state index in [-0.39, 0.29) is 18.4 Å². The molecule has 0 radical (unpaired) electrons. The van der Waals surface area contributed by atoms with Crippen molar-refractivity contribution < 1.29 is 14.4 Å². The molecule has 1 saturated heterocycles. The molecular formula is C18H31N3O3. The van der Waals surface area contributed by atoms with Gasteiger partial charge in [0, 0.05) is 6.54 Å². The molecule has 1 aliphatic heterocycles. The highest BCUT2D eigenvalue weighted by atomic mass is 16.2. The quantitative estimate of drug-likeness (QED) is 0.668. The van der Waals surface area contributed by atoms with Gasteiger partial charge in [0.1, 0.15) is 12.1 Å². The number of unbranched alkanes of at least 4 members (excludes halogenated alkanes) is 1. The number of imide groups is 1. The van der Waals surface area contributed by atoms with Crippen molar-refractivity contribution in [1.82, 2.24) is 15.5 Å². The molecular weight excluding hydrogens is 306 g/mol. The van der Waals surface area contributed by atoms with E-state index < -0.39 is 11.6 Å². The zero-order valence-corrected chi connectivity index (χ0v) is 15.0. The molecule has 1 spiro atoms. The Balaban J connectivity index is 1.85. The molecule has 1 saturated carbocycles. The van der Waals surface area contributed by atoms with Gasteiger partial charge in [0.25, 0.3) is 5.91 Å². The number of nitrogens with zero attached hydrogens (tertiary/aromatic N) is 1. The van der Waals surface area contributed by atoms with Crippen molar-refractivity contribution in [2.75, 3.05) is 13.1 Å². The number of rotatable bonds is 8. The standard InChI is InChI=1S/C18H31N3O3/c1-3-5-9-14(4-2)12-19-15(22)13-21-16(23)18(20-17(21)24)10-7-6-8-11-18/h14H,3-13H2,1-2H3,(H,19,22)(H,20,24). The summed E-state index contributed by atoms with van der Waals surface area (Å²) in [6, 6.07) is -0.421. The predicted octanol–water partition coefficient (Wildman–Crippen LogP) is 2.57. The Morgan fingerprint density at radius 2 is 1.96 bits per heavy atom. The maximum atomic E-state index is 12.6. The summed E-state index contributed by atoms with van der Waals surface area (Å²) >= 11 is 0. The molecule has 2 rings (SSSR count). The second-order valence-electron chi connectivity index (χ2n) is 7.18. The smallest absolute Gasteiger partial charge is 0.325 e. The van der Waals surface area contributed by atoms with Gasteiger partial charge in [-0.15, -0.1) is 0 Å². The number of hydrogen-bond donors (Lipinski definition) is 2. The van der Waals surface area contributed by atoms with Crippen LogP contribution in [0.5, 0.6) is 0 Å². The molecule has 2 fully saturated rings. The second kappa shape index (κ2) is 8.49. The number of nitrogens with one attached hydrogen (secondary N) is 2. The zero-order valence-electron chi connectivity index (χ0n) is 15.0. The van der Waals surface area contributed by atoms with Crippen LogP contribution in [0.2, 0.25) is 0 Å². The SMILES string of the molecule is CCCCC(CC)CNC(=O)CN1C(=O)NC2(CCCCC2)C1=O. The molecule has 6 heteroatoms. The molecule has 2 aliphatic rings. The van der Waals surface area contributed by atoms with E-state index >= 15 is 0 Å². The first-order valence-corrected chi connectivity index (χ1v) is 9.43. The lowest BCUT2D eigenvalue weighted by atomic mass is 9.82.